The molecule has 0 heterocycles. The summed E-state index contributed by atoms with van der Waals surface area (Å²) in [6, 6.07) is 26.7. The number of methoxy groups -OCH3 is 1. The van der Waals surface area contributed by atoms with E-state index < -0.39 is 5.91 Å². The minimum Gasteiger partial charge on any atom is -0.497 e. The number of hydrogen-bond donors (Lipinski definition) is 1. The molecule has 0 atom stereocenters. The van der Waals surface area contributed by atoms with Crippen molar-refractivity contribution < 1.29 is 19.0 Å². The van der Waals surface area contributed by atoms with E-state index in [0.717, 1.165) is 21.9 Å². The van der Waals surface area contributed by atoms with Gasteiger partial charge < -0.3 is 19.5 Å². The number of carbonyl (C=O) groups is 1. The Balaban J connectivity index is 1.54. The highest BCUT2D eigenvalue weighted by molar-refractivity contribution is 6.09. The van der Waals surface area contributed by atoms with E-state index in [0.29, 0.717) is 41.7 Å². The molecule has 4 rings (SSSR count). The summed E-state index contributed by atoms with van der Waals surface area (Å²) >= 11 is 0. The van der Waals surface area contributed by atoms with Gasteiger partial charge in [0.05, 0.1) is 13.7 Å². The van der Waals surface area contributed by atoms with Crippen LogP contribution in [-0.4, -0.2) is 19.6 Å². The van der Waals surface area contributed by atoms with E-state index in [1.807, 2.05) is 25.1 Å². The van der Waals surface area contributed by atoms with Crippen molar-refractivity contribution >= 4 is 28.4 Å². The largest absolute Gasteiger partial charge is 0.497 e. The highest BCUT2D eigenvalue weighted by atomic mass is 16.5. The maximum atomic E-state index is 12.7. The van der Waals surface area contributed by atoms with Gasteiger partial charge in [0.15, 0.2) is 11.5 Å². The van der Waals surface area contributed by atoms with Gasteiger partial charge >= 0.3 is 0 Å². The monoisotopic (exact) mass is 492 g/mol. The molecule has 0 unspecified atom stereocenters. The molecule has 0 fully saturated rings. The highest BCUT2D eigenvalue weighted by Crippen LogP contribution is 2.32. The van der Waals surface area contributed by atoms with Crippen molar-refractivity contribution in [3.63, 3.8) is 0 Å². The van der Waals surface area contributed by atoms with Gasteiger partial charge in [0.2, 0.25) is 0 Å². The number of anilines is 1. The SMILES string of the molecule is CCOc1cc(/C=C(\C#N)C(=O)Nc2ccc(OC)cc2)ccc1OCc1c(C)ccc2ccccc12. The van der Waals surface area contributed by atoms with Crippen LogP contribution in [0.1, 0.15) is 23.6 Å². The Hall–Kier alpha value is -4.76. The van der Waals surface area contributed by atoms with E-state index in [4.69, 9.17) is 14.2 Å². The summed E-state index contributed by atoms with van der Waals surface area (Å²) in [5, 5.41) is 14.7. The van der Waals surface area contributed by atoms with Crippen molar-refractivity contribution in [2.75, 3.05) is 19.0 Å². The van der Waals surface area contributed by atoms with Gasteiger partial charge in [-0.15, -0.1) is 0 Å². The Labute approximate surface area is 216 Å². The first kappa shape index (κ1) is 25.3. The van der Waals surface area contributed by atoms with Crippen LogP contribution in [0.5, 0.6) is 17.2 Å². The second-order valence-corrected chi connectivity index (χ2v) is 8.36. The molecule has 0 radical (unpaired) electrons. The maximum absolute atomic E-state index is 12.7. The molecule has 0 aliphatic rings. The number of ether oxygens (including phenoxy) is 3. The molecule has 0 saturated carbocycles. The lowest BCUT2D eigenvalue weighted by Crippen LogP contribution is -2.13. The van der Waals surface area contributed by atoms with Gasteiger partial charge in [-0.1, -0.05) is 42.5 Å². The molecule has 0 aromatic heterocycles. The third kappa shape index (κ3) is 6.09. The number of rotatable bonds is 9. The van der Waals surface area contributed by atoms with Gasteiger partial charge in [-0.2, -0.15) is 5.26 Å². The van der Waals surface area contributed by atoms with Crippen LogP contribution < -0.4 is 19.5 Å². The molecule has 186 valence electrons. The number of carbonyl (C=O) groups excluding carboxylic acids is 1. The predicted molar refractivity (Wildman–Crippen MR) is 146 cm³/mol. The second kappa shape index (κ2) is 11.8. The Bertz CT molecular complexity index is 1480. The number of aryl methyl sites for hydroxylation is 1. The Morgan fingerprint density at radius 3 is 2.49 bits per heavy atom. The maximum Gasteiger partial charge on any atom is 0.266 e. The van der Waals surface area contributed by atoms with Crippen LogP contribution >= 0.6 is 0 Å². The number of nitriles is 1. The van der Waals surface area contributed by atoms with Crippen LogP contribution in [0.15, 0.2) is 84.4 Å². The lowest BCUT2D eigenvalue weighted by atomic mass is 10.0. The second-order valence-electron chi connectivity index (χ2n) is 8.36. The average Bonchev–Trinajstić information content (AvgIpc) is 2.92. The third-order valence-electron chi connectivity index (χ3n) is 5.94. The molecule has 4 aromatic rings. The molecule has 0 aliphatic heterocycles. The van der Waals surface area contributed by atoms with E-state index in [-0.39, 0.29) is 5.57 Å². The van der Waals surface area contributed by atoms with Gasteiger partial charge in [-0.25, -0.2) is 0 Å². The summed E-state index contributed by atoms with van der Waals surface area (Å²) in [4.78, 5) is 12.7. The van der Waals surface area contributed by atoms with Crippen molar-refractivity contribution in [2.45, 2.75) is 20.5 Å². The van der Waals surface area contributed by atoms with Gasteiger partial charge in [-0.3, -0.25) is 4.79 Å². The average molecular weight is 493 g/mol. The van der Waals surface area contributed by atoms with Crippen molar-refractivity contribution in [1.82, 2.24) is 0 Å². The Morgan fingerprint density at radius 1 is 0.973 bits per heavy atom. The van der Waals surface area contributed by atoms with Crippen LogP contribution in [0, 0.1) is 18.3 Å². The van der Waals surface area contributed by atoms with Crippen molar-refractivity contribution in [3.05, 3.63) is 101 Å². The van der Waals surface area contributed by atoms with E-state index in [1.54, 1.807) is 49.6 Å². The van der Waals surface area contributed by atoms with Crippen LogP contribution in [0.2, 0.25) is 0 Å². The summed E-state index contributed by atoms with van der Waals surface area (Å²) < 4.78 is 17.2. The van der Waals surface area contributed by atoms with Crippen LogP contribution in [0.25, 0.3) is 16.8 Å². The van der Waals surface area contributed by atoms with Gasteiger partial charge in [0.25, 0.3) is 5.91 Å². The molecule has 37 heavy (non-hydrogen) atoms. The van der Waals surface area contributed by atoms with Crippen molar-refractivity contribution in [2.24, 2.45) is 0 Å². The van der Waals surface area contributed by atoms with Gasteiger partial charge in [-0.05, 0) is 78.2 Å². The molecule has 1 amide bonds. The molecule has 1 N–H and O–H groups in total. The standard InChI is InChI=1S/C31H28N2O4/c1-4-36-30-18-22(17-24(19-32)31(34)33-25-12-14-26(35-3)15-13-25)10-16-29(30)37-20-28-21(2)9-11-23-7-5-6-8-27(23)28/h5-18H,4,20H2,1-3H3,(H,33,34)/b24-17+. The zero-order valence-electron chi connectivity index (χ0n) is 21.1. The van der Waals surface area contributed by atoms with Crippen LogP contribution in [-0.2, 0) is 11.4 Å². The molecule has 4 aromatic carbocycles. The number of hydrogen-bond acceptors (Lipinski definition) is 5. The van der Waals surface area contributed by atoms with Crippen molar-refractivity contribution in [1.29, 1.82) is 5.26 Å². The molecule has 0 aliphatic carbocycles. The third-order valence-corrected chi connectivity index (χ3v) is 5.94. The lowest BCUT2D eigenvalue weighted by Gasteiger charge is -2.15. The summed E-state index contributed by atoms with van der Waals surface area (Å²) in [6.07, 6.45) is 1.53. The van der Waals surface area contributed by atoms with E-state index >= 15 is 0 Å². The first-order valence-electron chi connectivity index (χ1n) is 12.0. The smallest absolute Gasteiger partial charge is 0.266 e. The zero-order chi connectivity index (χ0) is 26.2. The highest BCUT2D eigenvalue weighted by Gasteiger charge is 2.13. The molecular formula is C31H28N2O4. The topological polar surface area (TPSA) is 80.6 Å². The van der Waals surface area contributed by atoms with E-state index in [1.165, 1.54) is 6.08 Å². The number of nitrogens with one attached hydrogen (secondary N) is 1. The molecule has 0 spiro atoms. The molecule has 0 bridgehead atoms. The quantitative estimate of drug-likeness (QED) is 0.208. The minimum atomic E-state index is -0.502. The lowest BCUT2D eigenvalue weighted by molar-refractivity contribution is -0.112. The molecule has 6 nitrogen and oxygen atoms in total. The molecular weight excluding hydrogens is 464 g/mol. The van der Waals surface area contributed by atoms with Crippen molar-refractivity contribution in [3.8, 4) is 23.3 Å². The molecule has 0 saturated heterocycles. The van der Waals surface area contributed by atoms with Crippen LogP contribution in [0.3, 0.4) is 0 Å². The minimum absolute atomic E-state index is 0.0293. The van der Waals surface area contributed by atoms with Gasteiger partial charge in [0.1, 0.15) is 24.0 Å². The summed E-state index contributed by atoms with van der Waals surface area (Å²) in [6.45, 7) is 4.79. The first-order chi connectivity index (χ1) is 18.0. The summed E-state index contributed by atoms with van der Waals surface area (Å²) in [5.41, 5.74) is 3.45. The van der Waals surface area contributed by atoms with Gasteiger partial charge in [0, 0.05) is 11.3 Å². The van der Waals surface area contributed by atoms with Crippen LogP contribution in [0.4, 0.5) is 5.69 Å². The zero-order valence-corrected chi connectivity index (χ0v) is 21.1. The predicted octanol–water partition coefficient (Wildman–Crippen LogP) is 6.68. The van der Waals surface area contributed by atoms with E-state index in [2.05, 4.69) is 36.5 Å². The number of fused-ring (bicyclic) bond motifs is 1. The Morgan fingerprint density at radius 2 is 1.76 bits per heavy atom. The fourth-order valence-electron chi connectivity index (χ4n) is 3.98. The fraction of sp³-hybridized carbons (Fsp3) is 0.161. The molecule has 6 heteroatoms. The summed E-state index contributed by atoms with van der Waals surface area (Å²) in [5.74, 6) is 1.31. The summed E-state index contributed by atoms with van der Waals surface area (Å²) in [7, 11) is 1.57. The number of nitrogens with zero attached hydrogens (tertiary/aromatic N) is 1. The first-order valence-corrected chi connectivity index (χ1v) is 12.0. The number of benzene rings is 4. The van der Waals surface area contributed by atoms with E-state index in [9.17, 15) is 10.1 Å². The number of amides is 1. The Kier molecular flexibility index (Phi) is 8.07. The fourth-order valence-corrected chi connectivity index (χ4v) is 3.98. The normalized spacial score (nSPS) is 11.0.